The molecule has 0 spiro atoms. The SMILES string of the molecule is CCC1CCc2sc(NC(C)(C)C)nc21. The first-order valence-corrected chi connectivity index (χ1v) is 6.59. The fourth-order valence-corrected chi connectivity index (χ4v) is 3.35. The van der Waals surface area contributed by atoms with Crippen molar-refractivity contribution >= 4 is 16.5 Å². The Morgan fingerprint density at radius 1 is 1.47 bits per heavy atom. The first kappa shape index (κ1) is 10.9. The standard InChI is InChI=1S/C12H20N2S/c1-5-8-6-7-9-10(8)13-11(15-9)14-12(2,3)4/h8H,5-7H2,1-4H3,(H,13,14). The van der Waals surface area contributed by atoms with Gasteiger partial charge in [-0.1, -0.05) is 6.92 Å². The number of hydrogen-bond donors (Lipinski definition) is 1. The number of rotatable bonds is 2. The van der Waals surface area contributed by atoms with Crippen molar-refractivity contribution in [2.45, 2.75) is 58.4 Å². The molecule has 1 N–H and O–H groups in total. The van der Waals surface area contributed by atoms with Crippen LogP contribution in [0.3, 0.4) is 0 Å². The number of nitrogens with one attached hydrogen (secondary N) is 1. The second kappa shape index (κ2) is 3.78. The topological polar surface area (TPSA) is 24.9 Å². The number of aromatic nitrogens is 1. The molecule has 0 fully saturated rings. The van der Waals surface area contributed by atoms with Gasteiger partial charge in [0.15, 0.2) is 5.13 Å². The molecule has 0 saturated heterocycles. The van der Waals surface area contributed by atoms with Crippen LogP contribution in [0.5, 0.6) is 0 Å². The Morgan fingerprint density at radius 3 is 2.80 bits per heavy atom. The average molecular weight is 224 g/mol. The molecule has 1 unspecified atom stereocenters. The first-order chi connectivity index (χ1) is 6.99. The van der Waals surface area contributed by atoms with Crippen molar-refractivity contribution < 1.29 is 0 Å². The second-order valence-electron chi connectivity index (χ2n) is 5.35. The highest BCUT2D eigenvalue weighted by Crippen LogP contribution is 2.40. The molecular weight excluding hydrogens is 204 g/mol. The summed E-state index contributed by atoms with van der Waals surface area (Å²) in [5.41, 5.74) is 1.49. The zero-order chi connectivity index (χ0) is 11.1. The number of hydrogen-bond acceptors (Lipinski definition) is 3. The predicted molar refractivity (Wildman–Crippen MR) is 66.8 cm³/mol. The number of nitrogens with zero attached hydrogens (tertiary/aromatic N) is 1. The summed E-state index contributed by atoms with van der Waals surface area (Å²) in [6, 6.07) is 0. The molecule has 2 nitrogen and oxygen atoms in total. The van der Waals surface area contributed by atoms with Crippen LogP contribution in [-0.4, -0.2) is 10.5 Å². The molecule has 3 heteroatoms. The van der Waals surface area contributed by atoms with E-state index in [-0.39, 0.29) is 5.54 Å². The van der Waals surface area contributed by atoms with Gasteiger partial charge in [0.1, 0.15) is 0 Å². The Morgan fingerprint density at radius 2 is 2.20 bits per heavy atom. The predicted octanol–water partition coefficient (Wildman–Crippen LogP) is 3.79. The smallest absolute Gasteiger partial charge is 0.183 e. The van der Waals surface area contributed by atoms with Gasteiger partial charge in [0.05, 0.1) is 5.69 Å². The van der Waals surface area contributed by atoms with Crippen molar-refractivity contribution in [3.63, 3.8) is 0 Å². The molecule has 1 aliphatic carbocycles. The van der Waals surface area contributed by atoms with E-state index in [2.05, 4.69) is 33.0 Å². The molecular formula is C12H20N2S. The van der Waals surface area contributed by atoms with Crippen LogP contribution in [0.15, 0.2) is 0 Å². The third-order valence-corrected chi connectivity index (χ3v) is 3.86. The fourth-order valence-electron chi connectivity index (χ4n) is 2.08. The van der Waals surface area contributed by atoms with Gasteiger partial charge in [0, 0.05) is 16.3 Å². The van der Waals surface area contributed by atoms with Crippen LogP contribution in [-0.2, 0) is 6.42 Å². The minimum atomic E-state index is 0.118. The Kier molecular flexibility index (Phi) is 2.75. The lowest BCUT2D eigenvalue weighted by atomic mass is 10.1. The summed E-state index contributed by atoms with van der Waals surface area (Å²) in [5, 5.41) is 4.57. The van der Waals surface area contributed by atoms with Gasteiger partial charge in [0.2, 0.25) is 0 Å². The monoisotopic (exact) mass is 224 g/mol. The number of anilines is 1. The summed E-state index contributed by atoms with van der Waals surface area (Å²) >= 11 is 1.85. The van der Waals surface area contributed by atoms with Crippen molar-refractivity contribution in [2.75, 3.05) is 5.32 Å². The van der Waals surface area contributed by atoms with Gasteiger partial charge < -0.3 is 5.32 Å². The van der Waals surface area contributed by atoms with E-state index in [1.165, 1.54) is 29.8 Å². The largest absolute Gasteiger partial charge is 0.357 e. The molecule has 2 rings (SSSR count). The third-order valence-electron chi connectivity index (χ3n) is 2.81. The quantitative estimate of drug-likeness (QED) is 0.826. The van der Waals surface area contributed by atoms with E-state index in [0.29, 0.717) is 5.92 Å². The van der Waals surface area contributed by atoms with Gasteiger partial charge in [-0.05, 0) is 40.0 Å². The van der Waals surface area contributed by atoms with Crippen molar-refractivity contribution in [2.24, 2.45) is 0 Å². The van der Waals surface area contributed by atoms with E-state index in [9.17, 15) is 0 Å². The molecule has 84 valence electrons. The summed E-state index contributed by atoms with van der Waals surface area (Å²) in [6.07, 6.45) is 3.77. The zero-order valence-electron chi connectivity index (χ0n) is 10.1. The molecule has 1 heterocycles. The highest BCUT2D eigenvalue weighted by Gasteiger charge is 2.26. The minimum Gasteiger partial charge on any atom is -0.357 e. The molecule has 0 amide bonds. The lowest BCUT2D eigenvalue weighted by Gasteiger charge is -2.19. The van der Waals surface area contributed by atoms with Gasteiger partial charge in [-0.3, -0.25) is 0 Å². The van der Waals surface area contributed by atoms with Crippen molar-refractivity contribution in [3.05, 3.63) is 10.6 Å². The lowest BCUT2D eigenvalue weighted by molar-refractivity contribution is 0.625. The summed E-state index contributed by atoms with van der Waals surface area (Å²) in [5.74, 6) is 0.715. The van der Waals surface area contributed by atoms with E-state index < -0.39 is 0 Å². The average Bonchev–Trinajstić information content (AvgIpc) is 2.59. The Hall–Kier alpha value is -0.570. The van der Waals surface area contributed by atoms with Crippen LogP contribution in [0, 0.1) is 0 Å². The van der Waals surface area contributed by atoms with Crippen LogP contribution in [0.4, 0.5) is 5.13 Å². The number of thiazole rings is 1. The Bertz CT molecular complexity index is 349. The summed E-state index contributed by atoms with van der Waals surface area (Å²) in [6.45, 7) is 8.79. The lowest BCUT2D eigenvalue weighted by Crippen LogP contribution is -2.25. The van der Waals surface area contributed by atoms with Crippen molar-refractivity contribution in [1.82, 2.24) is 4.98 Å². The maximum absolute atomic E-state index is 4.74. The van der Waals surface area contributed by atoms with Crippen molar-refractivity contribution in [3.8, 4) is 0 Å². The van der Waals surface area contributed by atoms with Gasteiger partial charge in [-0.2, -0.15) is 0 Å². The van der Waals surface area contributed by atoms with Gasteiger partial charge in [-0.15, -0.1) is 11.3 Å². The maximum atomic E-state index is 4.74. The molecule has 0 aliphatic heterocycles. The molecule has 1 aliphatic rings. The highest BCUT2D eigenvalue weighted by molar-refractivity contribution is 7.15. The molecule has 1 aromatic rings. The Balaban J connectivity index is 2.18. The van der Waals surface area contributed by atoms with Crippen LogP contribution in [0.1, 0.15) is 57.0 Å². The van der Waals surface area contributed by atoms with Crippen molar-refractivity contribution in [1.29, 1.82) is 0 Å². The molecule has 15 heavy (non-hydrogen) atoms. The van der Waals surface area contributed by atoms with Crippen LogP contribution >= 0.6 is 11.3 Å². The molecule has 0 radical (unpaired) electrons. The molecule has 1 atom stereocenters. The van der Waals surface area contributed by atoms with Gasteiger partial charge in [0.25, 0.3) is 0 Å². The van der Waals surface area contributed by atoms with Crippen LogP contribution in [0.2, 0.25) is 0 Å². The van der Waals surface area contributed by atoms with E-state index in [0.717, 1.165) is 5.13 Å². The van der Waals surface area contributed by atoms with E-state index >= 15 is 0 Å². The number of fused-ring (bicyclic) bond motifs is 1. The fraction of sp³-hybridized carbons (Fsp3) is 0.750. The molecule has 0 saturated carbocycles. The van der Waals surface area contributed by atoms with Crippen LogP contribution < -0.4 is 5.32 Å². The zero-order valence-corrected chi connectivity index (χ0v) is 10.9. The van der Waals surface area contributed by atoms with E-state index in [1.807, 2.05) is 11.3 Å². The summed E-state index contributed by atoms with van der Waals surface area (Å²) in [4.78, 5) is 6.24. The normalized spacial score (nSPS) is 20.4. The first-order valence-electron chi connectivity index (χ1n) is 5.77. The van der Waals surface area contributed by atoms with Crippen LogP contribution in [0.25, 0.3) is 0 Å². The second-order valence-corrected chi connectivity index (χ2v) is 6.43. The highest BCUT2D eigenvalue weighted by atomic mass is 32.1. The van der Waals surface area contributed by atoms with Gasteiger partial charge in [-0.25, -0.2) is 4.98 Å². The minimum absolute atomic E-state index is 0.118. The number of aryl methyl sites for hydroxylation is 1. The molecule has 0 bridgehead atoms. The van der Waals surface area contributed by atoms with E-state index in [1.54, 1.807) is 0 Å². The molecule has 0 aromatic carbocycles. The van der Waals surface area contributed by atoms with Gasteiger partial charge >= 0.3 is 0 Å². The summed E-state index contributed by atoms with van der Waals surface area (Å²) < 4.78 is 0. The molecule has 1 aromatic heterocycles. The maximum Gasteiger partial charge on any atom is 0.183 e. The van der Waals surface area contributed by atoms with E-state index in [4.69, 9.17) is 4.98 Å². The third kappa shape index (κ3) is 2.33. The Labute approximate surface area is 96.1 Å². The summed E-state index contributed by atoms with van der Waals surface area (Å²) in [7, 11) is 0.